The molecule has 0 aliphatic carbocycles. The Morgan fingerprint density at radius 3 is 2.95 bits per heavy atom. The SMILES string of the molecule is O=C(NCCCn1ccc2ccccc21)c1ccnc(F)c1. The van der Waals surface area contributed by atoms with Gasteiger partial charge in [-0.1, -0.05) is 18.2 Å². The molecule has 0 atom stereocenters. The highest BCUT2D eigenvalue weighted by Gasteiger charge is 2.06. The van der Waals surface area contributed by atoms with E-state index in [2.05, 4.69) is 33.1 Å². The number of amides is 1. The number of aromatic nitrogens is 2. The van der Waals surface area contributed by atoms with Gasteiger partial charge in [0.1, 0.15) is 0 Å². The third-order valence-electron chi connectivity index (χ3n) is 3.53. The first-order valence-electron chi connectivity index (χ1n) is 7.18. The van der Waals surface area contributed by atoms with Crippen molar-refractivity contribution >= 4 is 16.8 Å². The maximum Gasteiger partial charge on any atom is 0.251 e. The Hall–Kier alpha value is -2.69. The predicted octanol–water partition coefficient (Wildman–Crippen LogP) is 3.00. The summed E-state index contributed by atoms with van der Waals surface area (Å²) in [7, 11) is 0. The fourth-order valence-corrected chi connectivity index (χ4v) is 2.43. The summed E-state index contributed by atoms with van der Waals surface area (Å²) in [5.74, 6) is -0.926. The second-order valence-corrected chi connectivity index (χ2v) is 5.04. The van der Waals surface area contributed by atoms with Crippen LogP contribution in [0.2, 0.25) is 0 Å². The number of benzene rings is 1. The molecule has 1 N–H and O–H groups in total. The number of nitrogens with zero attached hydrogens (tertiary/aromatic N) is 2. The molecule has 0 aliphatic rings. The number of fused-ring (bicyclic) bond motifs is 1. The number of nitrogens with one attached hydrogen (secondary N) is 1. The van der Waals surface area contributed by atoms with Gasteiger partial charge in [-0.25, -0.2) is 4.98 Å². The summed E-state index contributed by atoms with van der Waals surface area (Å²) in [6.07, 6.45) is 4.14. The fourth-order valence-electron chi connectivity index (χ4n) is 2.43. The molecule has 0 unspecified atom stereocenters. The largest absolute Gasteiger partial charge is 0.352 e. The van der Waals surface area contributed by atoms with Crippen molar-refractivity contribution in [3.8, 4) is 0 Å². The molecule has 2 aromatic heterocycles. The summed E-state index contributed by atoms with van der Waals surface area (Å²) in [6.45, 7) is 1.35. The number of para-hydroxylation sites is 1. The molecule has 1 aromatic carbocycles. The van der Waals surface area contributed by atoms with E-state index in [-0.39, 0.29) is 5.91 Å². The number of hydrogen-bond acceptors (Lipinski definition) is 2. The second kappa shape index (κ2) is 6.39. The molecule has 0 fully saturated rings. The van der Waals surface area contributed by atoms with Gasteiger partial charge in [-0.05, 0) is 30.0 Å². The normalized spacial score (nSPS) is 10.8. The summed E-state index contributed by atoms with van der Waals surface area (Å²) in [5, 5.41) is 4.00. The average Bonchev–Trinajstić information content (AvgIpc) is 2.95. The Morgan fingerprint density at radius 1 is 1.23 bits per heavy atom. The topological polar surface area (TPSA) is 46.9 Å². The zero-order valence-electron chi connectivity index (χ0n) is 12.0. The van der Waals surface area contributed by atoms with Crippen molar-refractivity contribution < 1.29 is 9.18 Å². The molecule has 5 heteroatoms. The van der Waals surface area contributed by atoms with Crippen LogP contribution in [0.15, 0.2) is 54.9 Å². The van der Waals surface area contributed by atoms with Crippen molar-refractivity contribution in [3.05, 3.63) is 66.4 Å². The van der Waals surface area contributed by atoms with Crippen LogP contribution >= 0.6 is 0 Å². The summed E-state index contributed by atoms with van der Waals surface area (Å²) < 4.78 is 15.1. The van der Waals surface area contributed by atoms with Crippen LogP contribution in [0.3, 0.4) is 0 Å². The van der Waals surface area contributed by atoms with Crippen molar-refractivity contribution in [2.45, 2.75) is 13.0 Å². The molecule has 0 aliphatic heterocycles. The first-order chi connectivity index (χ1) is 10.7. The van der Waals surface area contributed by atoms with Gasteiger partial charge in [0.25, 0.3) is 5.91 Å². The maximum atomic E-state index is 13.0. The lowest BCUT2D eigenvalue weighted by Crippen LogP contribution is -2.25. The number of hydrogen-bond donors (Lipinski definition) is 1. The van der Waals surface area contributed by atoms with Gasteiger partial charge in [0.15, 0.2) is 0 Å². The van der Waals surface area contributed by atoms with E-state index in [9.17, 15) is 9.18 Å². The van der Waals surface area contributed by atoms with E-state index in [1.807, 2.05) is 18.3 Å². The van der Waals surface area contributed by atoms with Gasteiger partial charge in [-0.3, -0.25) is 4.79 Å². The predicted molar refractivity (Wildman–Crippen MR) is 83.1 cm³/mol. The van der Waals surface area contributed by atoms with Crippen LogP contribution in [-0.4, -0.2) is 22.0 Å². The molecular formula is C17H16FN3O. The minimum absolute atomic E-state index is 0.279. The Balaban J connectivity index is 1.52. The van der Waals surface area contributed by atoms with Crippen molar-refractivity contribution in [2.75, 3.05) is 6.54 Å². The Labute approximate surface area is 127 Å². The lowest BCUT2D eigenvalue weighted by atomic mass is 10.2. The van der Waals surface area contributed by atoms with Gasteiger partial charge >= 0.3 is 0 Å². The van der Waals surface area contributed by atoms with Crippen LogP contribution in [0.5, 0.6) is 0 Å². The number of carbonyl (C=O) groups excluding carboxylic acids is 1. The minimum atomic E-state index is -0.647. The van der Waals surface area contributed by atoms with Crippen molar-refractivity contribution in [3.63, 3.8) is 0 Å². The summed E-state index contributed by atoms with van der Waals surface area (Å²) in [6, 6.07) is 12.9. The van der Waals surface area contributed by atoms with Crippen LogP contribution < -0.4 is 5.32 Å². The lowest BCUT2D eigenvalue weighted by molar-refractivity contribution is 0.0952. The summed E-state index contributed by atoms with van der Waals surface area (Å²) >= 11 is 0. The van der Waals surface area contributed by atoms with Gasteiger partial charge in [-0.2, -0.15) is 4.39 Å². The standard InChI is InChI=1S/C17H16FN3O/c18-16-12-14(6-9-19-16)17(22)20-8-3-10-21-11-7-13-4-1-2-5-15(13)21/h1-2,4-7,9,11-12H,3,8,10H2,(H,20,22). The molecule has 3 rings (SSSR count). The van der Waals surface area contributed by atoms with E-state index >= 15 is 0 Å². The third kappa shape index (κ3) is 3.14. The third-order valence-corrected chi connectivity index (χ3v) is 3.53. The molecule has 3 aromatic rings. The zero-order chi connectivity index (χ0) is 15.4. The van der Waals surface area contributed by atoms with Crippen LogP contribution in [-0.2, 0) is 6.54 Å². The van der Waals surface area contributed by atoms with E-state index in [1.54, 1.807) is 0 Å². The molecule has 0 saturated carbocycles. The molecule has 112 valence electrons. The summed E-state index contributed by atoms with van der Waals surface area (Å²) in [4.78, 5) is 15.3. The number of aryl methyl sites for hydroxylation is 1. The zero-order valence-corrected chi connectivity index (χ0v) is 12.0. The summed E-state index contributed by atoms with van der Waals surface area (Å²) in [5.41, 5.74) is 1.48. The number of halogens is 1. The van der Waals surface area contributed by atoms with Crippen LogP contribution in [0.4, 0.5) is 4.39 Å². The second-order valence-electron chi connectivity index (χ2n) is 5.04. The molecule has 0 bridgehead atoms. The van der Waals surface area contributed by atoms with Gasteiger partial charge in [0, 0.05) is 42.6 Å². The quantitative estimate of drug-likeness (QED) is 0.581. The van der Waals surface area contributed by atoms with E-state index in [1.165, 1.54) is 23.2 Å². The molecule has 0 spiro atoms. The molecule has 1 amide bonds. The number of carbonyl (C=O) groups is 1. The van der Waals surface area contributed by atoms with E-state index in [0.29, 0.717) is 12.1 Å². The van der Waals surface area contributed by atoms with Crippen molar-refractivity contribution in [1.82, 2.24) is 14.9 Å². The first kappa shape index (κ1) is 14.3. The molecular weight excluding hydrogens is 281 g/mol. The van der Waals surface area contributed by atoms with E-state index in [0.717, 1.165) is 19.0 Å². The monoisotopic (exact) mass is 297 g/mol. The smallest absolute Gasteiger partial charge is 0.251 e. The van der Waals surface area contributed by atoms with Crippen molar-refractivity contribution in [1.29, 1.82) is 0 Å². The van der Waals surface area contributed by atoms with Crippen molar-refractivity contribution in [2.24, 2.45) is 0 Å². The molecule has 2 heterocycles. The maximum absolute atomic E-state index is 13.0. The molecule has 0 radical (unpaired) electrons. The van der Waals surface area contributed by atoms with Crippen LogP contribution in [0, 0.1) is 5.95 Å². The van der Waals surface area contributed by atoms with Gasteiger partial charge in [-0.15, -0.1) is 0 Å². The Kier molecular flexibility index (Phi) is 4.14. The first-order valence-corrected chi connectivity index (χ1v) is 7.18. The minimum Gasteiger partial charge on any atom is -0.352 e. The van der Waals surface area contributed by atoms with E-state index < -0.39 is 5.95 Å². The Morgan fingerprint density at radius 2 is 2.09 bits per heavy atom. The highest BCUT2D eigenvalue weighted by atomic mass is 19.1. The molecule has 22 heavy (non-hydrogen) atoms. The number of rotatable bonds is 5. The van der Waals surface area contributed by atoms with Crippen LogP contribution in [0.25, 0.3) is 10.9 Å². The fraction of sp³-hybridized carbons (Fsp3) is 0.176. The highest BCUT2D eigenvalue weighted by Crippen LogP contribution is 2.15. The lowest BCUT2D eigenvalue weighted by Gasteiger charge is -2.07. The Bertz CT molecular complexity index is 797. The highest BCUT2D eigenvalue weighted by molar-refractivity contribution is 5.93. The van der Waals surface area contributed by atoms with E-state index in [4.69, 9.17) is 0 Å². The molecule has 0 saturated heterocycles. The number of pyridine rings is 1. The van der Waals surface area contributed by atoms with Gasteiger partial charge in [0.05, 0.1) is 0 Å². The van der Waals surface area contributed by atoms with Gasteiger partial charge < -0.3 is 9.88 Å². The molecule has 4 nitrogen and oxygen atoms in total. The van der Waals surface area contributed by atoms with Gasteiger partial charge in [0.2, 0.25) is 5.95 Å². The van der Waals surface area contributed by atoms with Crippen LogP contribution in [0.1, 0.15) is 16.8 Å². The average molecular weight is 297 g/mol.